The number of carbonyl (C=O) groups excluding carboxylic acids is 1. The molecule has 0 radical (unpaired) electrons. The number of pyridine rings is 1. The topological polar surface area (TPSA) is 63.9 Å². The molecule has 0 fully saturated rings. The van der Waals surface area contributed by atoms with Crippen molar-refractivity contribution in [2.24, 2.45) is 0 Å². The number of amides is 1. The molecule has 0 saturated heterocycles. The number of hydrogen-bond acceptors (Lipinski definition) is 5. The minimum absolute atomic E-state index is 0.000325. The van der Waals surface area contributed by atoms with Gasteiger partial charge in [0, 0.05) is 43.4 Å². The van der Waals surface area contributed by atoms with Gasteiger partial charge in [0.05, 0.1) is 5.69 Å². The fourth-order valence-electron chi connectivity index (χ4n) is 3.59. The van der Waals surface area contributed by atoms with Crippen LogP contribution in [0.15, 0.2) is 78.2 Å². The van der Waals surface area contributed by atoms with Gasteiger partial charge in [-0.3, -0.25) is 14.3 Å². The maximum atomic E-state index is 12.2. The summed E-state index contributed by atoms with van der Waals surface area (Å²) in [5.41, 5.74) is 5.02. The highest BCUT2D eigenvalue weighted by Crippen LogP contribution is 2.33. The van der Waals surface area contributed by atoms with E-state index in [1.54, 1.807) is 37.0 Å². The van der Waals surface area contributed by atoms with E-state index in [9.17, 15) is 4.79 Å². The highest BCUT2D eigenvalue weighted by Gasteiger charge is 2.19. The number of benzene rings is 2. The number of nitrogens with zero attached hydrogens (tertiary/aromatic N) is 5. The van der Waals surface area contributed by atoms with Gasteiger partial charge in [-0.1, -0.05) is 55.9 Å². The Morgan fingerprint density at radius 1 is 1.00 bits per heavy atom. The predicted octanol–water partition coefficient (Wildman–Crippen LogP) is 5.45. The van der Waals surface area contributed by atoms with Gasteiger partial charge in [-0.15, -0.1) is 10.2 Å². The average Bonchev–Trinajstić information content (AvgIpc) is 3.27. The van der Waals surface area contributed by atoms with Crippen LogP contribution in [0.2, 0.25) is 0 Å². The Morgan fingerprint density at radius 3 is 2.42 bits per heavy atom. The fourth-order valence-corrected chi connectivity index (χ4v) is 4.49. The molecular formula is C26H27N5OS. The Labute approximate surface area is 198 Å². The molecule has 0 N–H and O–H groups in total. The van der Waals surface area contributed by atoms with Crippen molar-refractivity contribution in [3.8, 4) is 17.1 Å². The van der Waals surface area contributed by atoms with Crippen LogP contribution in [0.5, 0.6) is 0 Å². The first-order valence-electron chi connectivity index (χ1n) is 10.8. The minimum atomic E-state index is 0.000325. The number of carbonyl (C=O) groups is 1. The van der Waals surface area contributed by atoms with Crippen LogP contribution in [-0.4, -0.2) is 44.7 Å². The van der Waals surface area contributed by atoms with Gasteiger partial charge in [0.2, 0.25) is 0 Å². The zero-order valence-electron chi connectivity index (χ0n) is 19.3. The third kappa shape index (κ3) is 4.98. The molecular weight excluding hydrogens is 430 g/mol. The van der Waals surface area contributed by atoms with E-state index in [-0.39, 0.29) is 5.91 Å². The highest BCUT2D eigenvalue weighted by atomic mass is 32.2. The highest BCUT2D eigenvalue weighted by molar-refractivity contribution is 7.98. The van der Waals surface area contributed by atoms with Gasteiger partial charge < -0.3 is 4.90 Å². The minimum Gasteiger partial charge on any atom is -0.345 e. The second-order valence-corrected chi connectivity index (χ2v) is 9.22. The second kappa shape index (κ2) is 10.0. The van der Waals surface area contributed by atoms with Crippen LogP contribution in [0, 0.1) is 0 Å². The molecule has 4 rings (SSSR count). The summed E-state index contributed by atoms with van der Waals surface area (Å²) in [5, 5.41) is 9.89. The van der Waals surface area contributed by atoms with Crippen molar-refractivity contribution in [3.63, 3.8) is 0 Å². The van der Waals surface area contributed by atoms with Gasteiger partial charge in [-0.25, -0.2) is 0 Å². The lowest BCUT2D eigenvalue weighted by Crippen LogP contribution is -2.21. The van der Waals surface area contributed by atoms with Gasteiger partial charge in [0.25, 0.3) is 5.91 Å². The van der Waals surface area contributed by atoms with Crippen molar-refractivity contribution in [3.05, 3.63) is 89.7 Å². The number of hydrogen-bond donors (Lipinski definition) is 0. The molecule has 0 bridgehead atoms. The molecule has 7 heteroatoms. The summed E-state index contributed by atoms with van der Waals surface area (Å²) in [4.78, 5) is 18.0. The molecule has 0 aliphatic rings. The molecule has 1 amide bonds. The first-order chi connectivity index (χ1) is 16.0. The van der Waals surface area contributed by atoms with E-state index in [2.05, 4.69) is 51.8 Å². The molecule has 0 spiro atoms. The van der Waals surface area contributed by atoms with E-state index in [4.69, 9.17) is 0 Å². The maximum absolute atomic E-state index is 12.2. The van der Waals surface area contributed by atoms with Crippen LogP contribution in [-0.2, 0) is 5.75 Å². The van der Waals surface area contributed by atoms with Crippen LogP contribution in [0.4, 0.5) is 0 Å². The normalized spacial score (nSPS) is 11.1. The smallest absolute Gasteiger partial charge is 0.253 e. The Bertz CT molecular complexity index is 1230. The molecule has 2 aromatic carbocycles. The Kier molecular flexibility index (Phi) is 6.89. The van der Waals surface area contributed by atoms with Crippen molar-refractivity contribution in [1.82, 2.24) is 24.6 Å². The summed E-state index contributed by atoms with van der Waals surface area (Å²) in [6.45, 7) is 4.38. The molecule has 6 nitrogen and oxygen atoms in total. The zero-order chi connectivity index (χ0) is 23.4. The Morgan fingerprint density at radius 2 is 1.76 bits per heavy atom. The largest absolute Gasteiger partial charge is 0.345 e. The Balaban J connectivity index is 1.68. The van der Waals surface area contributed by atoms with E-state index in [1.807, 2.05) is 48.7 Å². The van der Waals surface area contributed by atoms with Crippen LogP contribution in [0.1, 0.15) is 41.3 Å². The summed E-state index contributed by atoms with van der Waals surface area (Å²) < 4.78 is 2.13. The van der Waals surface area contributed by atoms with Crippen LogP contribution >= 0.6 is 11.8 Å². The van der Waals surface area contributed by atoms with Crippen molar-refractivity contribution >= 4 is 17.7 Å². The van der Waals surface area contributed by atoms with Crippen LogP contribution in [0.25, 0.3) is 17.1 Å². The molecule has 0 aliphatic heterocycles. The van der Waals surface area contributed by atoms with Crippen molar-refractivity contribution in [2.45, 2.75) is 30.7 Å². The molecule has 0 unspecified atom stereocenters. The van der Waals surface area contributed by atoms with Gasteiger partial charge in [-0.2, -0.15) is 0 Å². The van der Waals surface area contributed by atoms with Gasteiger partial charge >= 0.3 is 0 Å². The molecule has 0 atom stereocenters. The van der Waals surface area contributed by atoms with Crippen molar-refractivity contribution in [2.75, 3.05) is 14.1 Å². The summed E-state index contributed by atoms with van der Waals surface area (Å²) in [7, 11) is 3.52. The van der Waals surface area contributed by atoms with Gasteiger partial charge in [0.1, 0.15) is 0 Å². The van der Waals surface area contributed by atoms with Crippen LogP contribution < -0.4 is 0 Å². The monoisotopic (exact) mass is 457 g/mol. The van der Waals surface area contributed by atoms with E-state index in [1.165, 1.54) is 5.56 Å². The molecule has 2 aromatic heterocycles. The van der Waals surface area contributed by atoms with E-state index in [0.29, 0.717) is 17.2 Å². The quantitative estimate of drug-likeness (QED) is 0.346. The molecule has 168 valence electrons. The fraction of sp³-hybridized carbons (Fsp3) is 0.231. The van der Waals surface area contributed by atoms with Gasteiger partial charge in [-0.05, 0) is 47.4 Å². The second-order valence-electron chi connectivity index (χ2n) is 8.28. The number of rotatable bonds is 7. The third-order valence-corrected chi connectivity index (χ3v) is 6.33. The summed E-state index contributed by atoms with van der Waals surface area (Å²) in [6.07, 6.45) is 3.57. The third-order valence-electron chi connectivity index (χ3n) is 5.33. The average molecular weight is 458 g/mol. The lowest BCUT2D eigenvalue weighted by atomic mass is 10.0. The van der Waals surface area contributed by atoms with Crippen molar-refractivity contribution in [1.29, 1.82) is 0 Å². The molecule has 4 aromatic rings. The molecule has 33 heavy (non-hydrogen) atoms. The van der Waals surface area contributed by atoms with E-state index >= 15 is 0 Å². The number of aromatic nitrogens is 4. The van der Waals surface area contributed by atoms with Crippen LogP contribution in [0.3, 0.4) is 0 Å². The molecule has 0 aliphatic carbocycles. The predicted molar refractivity (Wildman–Crippen MR) is 133 cm³/mol. The summed E-state index contributed by atoms with van der Waals surface area (Å²) in [6, 6.07) is 20.0. The zero-order valence-corrected chi connectivity index (χ0v) is 20.1. The van der Waals surface area contributed by atoms with E-state index in [0.717, 1.165) is 27.8 Å². The lowest BCUT2D eigenvalue weighted by Gasteiger charge is -2.17. The SMILES string of the molecule is CC(C)c1ccccc1-n1c(SCc2ccc(C(=O)N(C)C)cc2)nnc1-c1cccnc1. The van der Waals surface area contributed by atoms with Gasteiger partial charge in [0.15, 0.2) is 11.0 Å². The standard InChI is InChI=1S/C26H27N5OS/c1-18(2)22-9-5-6-10-23(22)31-24(21-8-7-15-27-16-21)28-29-26(31)33-17-19-11-13-20(14-12-19)25(32)30(3)4/h5-16,18H,17H2,1-4H3. The number of para-hydroxylation sites is 1. The summed E-state index contributed by atoms with van der Waals surface area (Å²) >= 11 is 1.63. The first-order valence-corrected chi connectivity index (χ1v) is 11.8. The Hall–Kier alpha value is -3.45. The van der Waals surface area contributed by atoms with E-state index < -0.39 is 0 Å². The molecule has 2 heterocycles. The lowest BCUT2D eigenvalue weighted by molar-refractivity contribution is 0.0827. The number of thioether (sulfide) groups is 1. The maximum Gasteiger partial charge on any atom is 0.253 e. The molecule has 0 saturated carbocycles. The first kappa shape index (κ1) is 22.7. The summed E-state index contributed by atoms with van der Waals surface area (Å²) in [5.74, 6) is 1.83. The van der Waals surface area contributed by atoms with Crippen molar-refractivity contribution < 1.29 is 4.79 Å².